The Kier molecular flexibility index (Phi) is 20.3. The molecular formula is C60H77N9O15S. The van der Waals surface area contributed by atoms with Gasteiger partial charge >= 0.3 is 11.9 Å². The molecule has 0 spiro atoms. The van der Waals surface area contributed by atoms with Crippen LogP contribution in [0, 0.1) is 17.8 Å². The molecule has 5 amide bonds. The standard InChI is InChI=1S/C60H77N9O15S/c1-10-60(39-25-44-48-35(24-34-14-11-12-15-40(34)65-48)28-69(44)55(77)38(39)29-81-58(60)79)84-56(78)47(32(6)7)67-46(71)27-62-52(74)41(22-30(2)3)64-45(70)26-61-53(75)42(23-31(4)5)66-54(76)43-16-13-21-68(43)59(85)63-36-17-19-37(20-18-36)83-57-50(73)51(80-9)49(72)33(8)82-57/h11-12,14-15,17-20,24-25,30-33,41-43,47,49-51,57,72-73H,10,13,16,21-23,26-29H2,1-9H3,(H,61,75)(H,62,74)(H,63,85)(H,64,70)(H,66,76)(H,67,71)/t33-,41-,42-,43-,47-,49+,50-,51+,57+,60-/m0/s1. The number of ether oxygens (including phenoxy) is 5. The summed E-state index contributed by atoms with van der Waals surface area (Å²) in [6.45, 7) is 13.2. The van der Waals surface area contributed by atoms with E-state index in [9.17, 15) is 48.6 Å². The van der Waals surface area contributed by atoms with Crippen molar-refractivity contribution in [1.29, 1.82) is 0 Å². The average molecular weight is 1200 g/mol. The first-order valence-electron chi connectivity index (χ1n) is 28.8. The molecule has 2 aromatic carbocycles. The van der Waals surface area contributed by atoms with Gasteiger partial charge in [-0.2, -0.15) is 0 Å². The van der Waals surface area contributed by atoms with E-state index in [1.54, 1.807) is 67.5 Å². The van der Waals surface area contributed by atoms with Gasteiger partial charge in [0.25, 0.3) is 5.56 Å². The van der Waals surface area contributed by atoms with Crippen molar-refractivity contribution in [3.8, 4) is 17.1 Å². The van der Waals surface area contributed by atoms with Gasteiger partial charge in [-0.15, -0.1) is 0 Å². The number of thiocarbonyl (C=S) groups is 1. The first-order valence-corrected chi connectivity index (χ1v) is 29.2. The van der Waals surface area contributed by atoms with Crippen molar-refractivity contribution in [3.05, 3.63) is 87.7 Å². The zero-order valence-corrected chi connectivity index (χ0v) is 50.0. The van der Waals surface area contributed by atoms with Crippen LogP contribution in [0.2, 0.25) is 0 Å². The maximum Gasteiger partial charge on any atom is 0.355 e. The lowest BCUT2D eigenvalue weighted by molar-refractivity contribution is -0.272. The van der Waals surface area contributed by atoms with Crippen LogP contribution in [0.25, 0.3) is 22.3 Å². The molecule has 0 aliphatic carbocycles. The Hall–Kier alpha value is -7.58. The number of methoxy groups -OCH3 is 1. The number of aromatic nitrogens is 2. The highest BCUT2D eigenvalue weighted by atomic mass is 32.1. The summed E-state index contributed by atoms with van der Waals surface area (Å²) in [6.07, 6.45) is -3.56. The summed E-state index contributed by atoms with van der Waals surface area (Å²) in [7, 11) is 1.38. The maximum atomic E-state index is 14.2. The fraction of sp³-hybridized carbons (Fsp3) is 0.533. The second-order valence-corrected chi connectivity index (χ2v) is 23.5. The lowest BCUT2D eigenvalue weighted by Crippen LogP contribution is -2.59. The van der Waals surface area contributed by atoms with E-state index < -0.39 is 127 Å². The molecule has 4 aliphatic heterocycles. The van der Waals surface area contributed by atoms with Crippen molar-refractivity contribution in [3.63, 3.8) is 0 Å². The zero-order chi connectivity index (χ0) is 61.6. The van der Waals surface area contributed by atoms with E-state index in [0.717, 1.165) is 10.9 Å². The number of amides is 5. The lowest BCUT2D eigenvalue weighted by atomic mass is 9.85. The number of nitrogens with one attached hydrogen (secondary N) is 6. The van der Waals surface area contributed by atoms with E-state index in [1.807, 2.05) is 58.0 Å². The van der Waals surface area contributed by atoms with Crippen LogP contribution in [0.1, 0.15) is 104 Å². The number of esters is 2. The number of benzene rings is 2. The molecule has 10 atom stereocenters. The van der Waals surface area contributed by atoms with Gasteiger partial charge in [-0.3, -0.25) is 28.8 Å². The number of fused-ring (bicyclic) bond motifs is 5. The van der Waals surface area contributed by atoms with Crippen LogP contribution in [0.3, 0.4) is 0 Å². The lowest BCUT2D eigenvalue weighted by Gasteiger charge is -2.40. The van der Waals surface area contributed by atoms with Crippen molar-refractivity contribution in [2.75, 3.05) is 32.1 Å². The van der Waals surface area contributed by atoms with E-state index in [1.165, 1.54) is 7.11 Å². The summed E-state index contributed by atoms with van der Waals surface area (Å²) in [5, 5.41) is 38.5. The van der Waals surface area contributed by atoms with Crippen LogP contribution in [0.15, 0.2) is 65.5 Å². The molecule has 0 bridgehead atoms. The van der Waals surface area contributed by atoms with E-state index in [-0.39, 0.29) is 60.5 Å². The first kappa shape index (κ1) is 63.4. The molecule has 24 nitrogen and oxygen atoms in total. The predicted molar refractivity (Wildman–Crippen MR) is 314 cm³/mol. The second kappa shape index (κ2) is 27.2. The molecule has 8 rings (SSSR count). The van der Waals surface area contributed by atoms with Gasteiger partial charge in [0.2, 0.25) is 41.4 Å². The Bertz CT molecular complexity index is 3250. The molecule has 4 aliphatic rings. The number of carbonyl (C=O) groups is 7. The molecule has 25 heteroatoms. The van der Waals surface area contributed by atoms with Crippen molar-refractivity contribution in [2.24, 2.45) is 17.8 Å². The van der Waals surface area contributed by atoms with Crippen molar-refractivity contribution < 1.29 is 67.5 Å². The minimum Gasteiger partial charge on any atom is -0.462 e. The number of anilines is 1. The van der Waals surface area contributed by atoms with Crippen LogP contribution in [0.4, 0.5) is 5.69 Å². The van der Waals surface area contributed by atoms with Gasteiger partial charge in [-0.05, 0) is 111 Å². The number of aliphatic hydroxyl groups is 2. The monoisotopic (exact) mass is 1200 g/mol. The van der Waals surface area contributed by atoms with Crippen LogP contribution in [-0.4, -0.2) is 153 Å². The van der Waals surface area contributed by atoms with Gasteiger partial charge in [-0.25, -0.2) is 14.6 Å². The molecule has 6 heterocycles. The summed E-state index contributed by atoms with van der Waals surface area (Å²) in [6, 6.07) is 13.6. The van der Waals surface area contributed by atoms with Gasteiger partial charge in [0.1, 0.15) is 54.8 Å². The molecule has 2 fully saturated rings. The Labute approximate surface area is 497 Å². The number of para-hydroxylation sites is 1. The fourth-order valence-electron chi connectivity index (χ4n) is 11.1. The number of nitrogens with zero attached hydrogens (tertiary/aromatic N) is 3. The number of carbonyl (C=O) groups excluding carboxylic acids is 7. The van der Waals surface area contributed by atoms with Crippen molar-refractivity contribution in [1.82, 2.24) is 41.0 Å². The number of pyridine rings is 2. The van der Waals surface area contributed by atoms with Crippen LogP contribution in [0.5, 0.6) is 5.75 Å². The van der Waals surface area contributed by atoms with Gasteiger partial charge in [0.15, 0.2) is 5.11 Å². The van der Waals surface area contributed by atoms with Crippen LogP contribution < -0.4 is 42.2 Å². The predicted octanol–water partition coefficient (Wildman–Crippen LogP) is 2.79. The second-order valence-electron chi connectivity index (χ2n) is 23.2. The quantitative estimate of drug-likeness (QED) is 0.0365. The van der Waals surface area contributed by atoms with E-state index >= 15 is 0 Å². The van der Waals surface area contributed by atoms with E-state index in [0.29, 0.717) is 47.7 Å². The SMILES string of the molecule is CC[C@@]1(OC(=O)[C@@H](NC(=O)CNC(=O)[C@H](CC(C)C)NC(=O)CNC(=O)[C@H](CC(C)C)NC(=O)[C@@H]2CCCN2C(=S)Nc2ccc(O[C@H]3O[C@@H](C)[C@@H](O)[C@@H](OC)[C@@H]3O)cc2)C(C)C)C(=O)OCc2c1cc1n(c2=O)Cc2cc3ccccc3nc2-1. The summed E-state index contributed by atoms with van der Waals surface area (Å²) < 4.78 is 30.0. The molecule has 0 radical (unpaired) electrons. The smallest absolute Gasteiger partial charge is 0.355 e. The van der Waals surface area contributed by atoms with E-state index in [2.05, 4.69) is 31.9 Å². The Balaban J connectivity index is 0.833. The largest absolute Gasteiger partial charge is 0.462 e. The average Bonchev–Trinajstić information content (AvgIpc) is 1.73. The molecule has 458 valence electrons. The Morgan fingerprint density at radius 3 is 2.14 bits per heavy atom. The number of hydrogen-bond acceptors (Lipinski definition) is 17. The molecular weight excluding hydrogens is 1120 g/mol. The van der Waals surface area contributed by atoms with Crippen molar-refractivity contribution in [2.45, 2.75) is 161 Å². The highest BCUT2D eigenvalue weighted by Gasteiger charge is 2.52. The molecule has 2 aromatic heterocycles. The van der Waals surface area contributed by atoms with Crippen LogP contribution in [-0.2, 0) is 71.3 Å². The summed E-state index contributed by atoms with van der Waals surface area (Å²) in [4.78, 5) is 117. The number of aliphatic hydroxyl groups excluding tert-OH is 2. The molecule has 8 N–H and O–H groups in total. The minimum absolute atomic E-state index is 0.0466. The van der Waals surface area contributed by atoms with Crippen LogP contribution >= 0.6 is 12.2 Å². The molecule has 2 saturated heterocycles. The molecule has 0 saturated carbocycles. The van der Waals surface area contributed by atoms with Gasteiger partial charge in [0.05, 0.1) is 48.2 Å². The number of hydrogen-bond donors (Lipinski definition) is 8. The third kappa shape index (κ3) is 14.2. The minimum atomic E-state index is -2.04. The summed E-state index contributed by atoms with van der Waals surface area (Å²) in [5.41, 5.74) is 0.994. The van der Waals surface area contributed by atoms with Crippen molar-refractivity contribution >= 4 is 75.4 Å². The zero-order valence-electron chi connectivity index (χ0n) is 49.2. The third-order valence-corrected chi connectivity index (χ3v) is 16.0. The topological polar surface area (TPSA) is 316 Å². The molecule has 85 heavy (non-hydrogen) atoms. The summed E-state index contributed by atoms with van der Waals surface area (Å²) >= 11 is 5.75. The normalized spacial score (nSPS) is 22.5. The number of likely N-dealkylation sites (tertiary alicyclic amines) is 1. The maximum absolute atomic E-state index is 14.2. The number of cyclic esters (lactones) is 1. The first-order chi connectivity index (χ1) is 40.4. The highest BCUT2D eigenvalue weighted by Crippen LogP contribution is 2.41. The highest BCUT2D eigenvalue weighted by molar-refractivity contribution is 7.80. The van der Waals surface area contributed by atoms with Gasteiger partial charge in [-0.1, -0.05) is 66.7 Å². The molecule has 0 unspecified atom stereocenters. The van der Waals surface area contributed by atoms with Gasteiger partial charge < -0.3 is 75.3 Å². The number of rotatable bonds is 22. The Morgan fingerprint density at radius 1 is 0.859 bits per heavy atom. The van der Waals surface area contributed by atoms with E-state index in [4.69, 9.17) is 40.9 Å². The third-order valence-electron chi connectivity index (χ3n) is 15.7. The Morgan fingerprint density at radius 2 is 1.51 bits per heavy atom. The summed E-state index contributed by atoms with van der Waals surface area (Å²) in [5.74, 6) is -5.50. The van der Waals surface area contributed by atoms with Gasteiger partial charge in [0, 0.05) is 35.9 Å². The fourth-order valence-corrected chi connectivity index (χ4v) is 11.5. The molecule has 4 aromatic rings.